The number of rotatable bonds is 5. The Bertz CT molecular complexity index is 427. The van der Waals surface area contributed by atoms with Crippen LogP contribution in [0.3, 0.4) is 0 Å². The number of pyridine rings is 1. The summed E-state index contributed by atoms with van der Waals surface area (Å²) in [5.41, 5.74) is 2.99. The normalized spacial score (nSPS) is 13.2. The Balaban J connectivity index is 2.82. The molecule has 0 aliphatic rings. The van der Waals surface area contributed by atoms with Crippen LogP contribution in [0.4, 0.5) is 0 Å². The Morgan fingerprint density at radius 3 is 2.47 bits per heavy atom. The summed E-state index contributed by atoms with van der Waals surface area (Å²) in [5.74, 6) is 1.13. The molecule has 1 nitrogen and oxygen atoms in total. The third-order valence-electron chi connectivity index (χ3n) is 3.29. The van der Waals surface area contributed by atoms with Crippen LogP contribution in [0.2, 0.25) is 0 Å². The zero-order valence-electron chi connectivity index (χ0n) is 13.2. The molecule has 0 N–H and O–H groups in total. The molecule has 1 aromatic heterocycles. The summed E-state index contributed by atoms with van der Waals surface area (Å²) in [7, 11) is 0. The van der Waals surface area contributed by atoms with Crippen LogP contribution in [-0.4, -0.2) is 10.7 Å². The Morgan fingerprint density at radius 2 is 1.89 bits per heavy atom. The van der Waals surface area contributed by atoms with Crippen LogP contribution in [0.25, 0.3) is 6.08 Å². The van der Waals surface area contributed by atoms with Gasteiger partial charge < -0.3 is 0 Å². The van der Waals surface area contributed by atoms with Gasteiger partial charge in [-0.05, 0) is 40.4 Å². The van der Waals surface area contributed by atoms with Gasteiger partial charge in [0.2, 0.25) is 0 Å². The van der Waals surface area contributed by atoms with Gasteiger partial charge in [-0.25, -0.2) is 0 Å². The van der Waals surface area contributed by atoms with Gasteiger partial charge in [0.05, 0.1) is 5.69 Å². The van der Waals surface area contributed by atoms with Crippen molar-refractivity contribution in [2.24, 2.45) is 5.41 Å². The number of nitrogens with zero attached hydrogens (tertiary/aromatic N) is 1. The van der Waals surface area contributed by atoms with Crippen LogP contribution < -0.4 is 0 Å². The molecule has 0 saturated heterocycles. The van der Waals surface area contributed by atoms with Crippen LogP contribution in [0, 0.1) is 5.41 Å². The van der Waals surface area contributed by atoms with Crippen LogP contribution >= 0.6 is 11.8 Å². The van der Waals surface area contributed by atoms with E-state index in [1.807, 2.05) is 24.0 Å². The van der Waals surface area contributed by atoms with E-state index in [1.54, 1.807) is 0 Å². The fraction of sp³-hybridized carbons (Fsp3) is 0.588. The minimum absolute atomic E-state index is 0.183. The van der Waals surface area contributed by atoms with Gasteiger partial charge in [0.25, 0.3) is 0 Å². The molecule has 0 unspecified atom stereocenters. The molecule has 1 heterocycles. The van der Waals surface area contributed by atoms with Crippen LogP contribution in [-0.2, 0) is 5.41 Å². The summed E-state index contributed by atoms with van der Waals surface area (Å²) < 4.78 is 0. The quantitative estimate of drug-likeness (QED) is 0.703. The smallest absolute Gasteiger partial charge is 0.0672 e. The van der Waals surface area contributed by atoms with E-state index in [9.17, 15) is 0 Å². The molecule has 0 aliphatic heterocycles. The Kier molecular flexibility index (Phi) is 5.66. The predicted molar refractivity (Wildman–Crippen MR) is 88.5 cm³/mol. The van der Waals surface area contributed by atoms with E-state index in [0.717, 1.165) is 17.9 Å². The third-order valence-corrected chi connectivity index (χ3v) is 4.65. The average molecular weight is 277 g/mol. The summed E-state index contributed by atoms with van der Waals surface area (Å²) in [6.45, 7) is 13.6. The summed E-state index contributed by atoms with van der Waals surface area (Å²) in [4.78, 5) is 4.53. The van der Waals surface area contributed by atoms with Crippen molar-refractivity contribution in [1.29, 1.82) is 0 Å². The number of hydrogen-bond donors (Lipinski definition) is 0. The van der Waals surface area contributed by atoms with E-state index >= 15 is 0 Å². The van der Waals surface area contributed by atoms with Crippen molar-refractivity contribution in [3.05, 3.63) is 35.0 Å². The lowest BCUT2D eigenvalue weighted by molar-refractivity contribution is 0.481. The van der Waals surface area contributed by atoms with Gasteiger partial charge >= 0.3 is 0 Å². The molecular formula is C17H27NS. The van der Waals surface area contributed by atoms with E-state index in [4.69, 9.17) is 0 Å². The van der Waals surface area contributed by atoms with Crippen molar-refractivity contribution >= 4 is 17.8 Å². The highest BCUT2D eigenvalue weighted by Gasteiger charge is 2.20. The molecule has 1 aromatic rings. The van der Waals surface area contributed by atoms with Crippen LogP contribution in [0.1, 0.15) is 59.2 Å². The maximum atomic E-state index is 4.53. The number of hydrogen-bond acceptors (Lipinski definition) is 2. The molecule has 0 radical (unpaired) electrons. The molecule has 0 atom stereocenters. The predicted octanol–water partition coefficient (Wildman–Crippen LogP) is 5.52. The van der Waals surface area contributed by atoms with Gasteiger partial charge in [-0.2, -0.15) is 0 Å². The molecule has 19 heavy (non-hydrogen) atoms. The molecule has 0 spiro atoms. The van der Waals surface area contributed by atoms with Gasteiger partial charge in [0.1, 0.15) is 0 Å². The molecule has 0 bridgehead atoms. The number of thioether (sulfide) groups is 1. The maximum absolute atomic E-state index is 4.53. The molecule has 0 amide bonds. The second kappa shape index (κ2) is 6.60. The first-order valence-corrected chi connectivity index (χ1v) is 8.05. The van der Waals surface area contributed by atoms with Crippen molar-refractivity contribution in [1.82, 2.24) is 4.98 Å². The Morgan fingerprint density at radius 1 is 1.21 bits per heavy atom. The highest BCUT2D eigenvalue weighted by atomic mass is 32.2. The van der Waals surface area contributed by atoms with Gasteiger partial charge in [0, 0.05) is 11.9 Å². The van der Waals surface area contributed by atoms with E-state index in [2.05, 4.69) is 64.1 Å². The molecule has 0 aliphatic carbocycles. The standard InChI is InChI=1S/C17H27NS/c1-7-17(5,6)14-9-8-11-18-15(14)10-12-19-13-16(2,3)4/h8-12H,7,13H2,1-6H3/b12-10+. The lowest BCUT2D eigenvalue weighted by atomic mass is 9.81. The van der Waals surface area contributed by atoms with Crippen molar-refractivity contribution in [2.75, 3.05) is 5.75 Å². The fourth-order valence-electron chi connectivity index (χ4n) is 1.72. The molecule has 2 heteroatoms. The van der Waals surface area contributed by atoms with Gasteiger partial charge in [-0.15, -0.1) is 11.8 Å². The molecular weight excluding hydrogens is 250 g/mol. The van der Waals surface area contributed by atoms with Crippen LogP contribution in [0.15, 0.2) is 23.7 Å². The fourth-order valence-corrected chi connectivity index (χ4v) is 2.55. The Labute approximate surface area is 122 Å². The van der Waals surface area contributed by atoms with Crippen molar-refractivity contribution in [3.8, 4) is 0 Å². The average Bonchev–Trinajstić information content (AvgIpc) is 2.34. The van der Waals surface area contributed by atoms with Crippen molar-refractivity contribution in [3.63, 3.8) is 0 Å². The number of aromatic nitrogens is 1. The van der Waals surface area contributed by atoms with Crippen molar-refractivity contribution in [2.45, 2.75) is 53.4 Å². The SMILES string of the molecule is CCC(C)(C)c1cccnc1/C=C/SCC(C)(C)C. The minimum Gasteiger partial charge on any atom is -0.257 e. The van der Waals surface area contributed by atoms with Gasteiger partial charge in [-0.3, -0.25) is 4.98 Å². The molecule has 0 aromatic carbocycles. The summed E-state index contributed by atoms with van der Waals surface area (Å²) in [5, 5.41) is 2.18. The topological polar surface area (TPSA) is 12.9 Å². The molecule has 106 valence electrons. The zero-order chi connectivity index (χ0) is 14.5. The summed E-state index contributed by atoms with van der Waals surface area (Å²) in [6, 6.07) is 4.23. The van der Waals surface area contributed by atoms with E-state index in [-0.39, 0.29) is 5.41 Å². The minimum atomic E-state index is 0.183. The summed E-state index contributed by atoms with van der Waals surface area (Å²) >= 11 is 1.86. The highest BCUT2D eigenvalue weighted by molar-refractivity contribution is 8.02. The third kappa shape index (κ3) is 5.40. The van der Waals surface area contributed by atoms with E-state index in [0.29, 0.717) is 5.41 Å². The maximum Gasteiger partial charge on any atom is 0.0672 e. The molecule has 0 fully saturated rings. The van der Waals surface area contributed by atoms with Crippen molar-refractivity contribution < 1.29 is 0 Å². The second-order valence-electron chi connectivity index (χ2n) is 6.85. The lowest BCUT2D eigenvalue weighted by Crippen LogP contribution is -2.17. The zero-order valence-corrected chi connectivity index (χ0v) is 14.0. The summed E-state index contributed by atoms with van der Waals surface area (Å²) in [6.07, 6.45) is 5.15. The monoisotopic (exact) mass is 277 g/mol. The molecule has 1 rings (SSSR count). The van der Waals surface area contributed by atoms with Gasteiger partial charge in [0.15, 0.2) is 0 Å². The first-order valence-electron chi connectivity index (χ1n) is 7.00. The van der Waals surface area contributed by atoms with E-state index in [1.165, 1.54) is 5.56 Å². The second-order valence-corrected chi connectivity index (χ2v) is 7.74. The first kappa shape index (κ1) is 16.3. The largest absolute Gasteiger partial charge is 0.257 e. The highest BCUT2D eigenvalue weighted by Crippen LogP contribution is 2.30. The Hall–Kier alpha value is -0.760. The van der Waals surface area contributed by atoms with Crippen LogP contribution in [0.5, 0.6) is 0 Å². The lowest BCUT2D eigenvalue weighted by Gasteiger charge is -2.24. The first-order chi connectivity index (χ1) is 8.76. The molecule has 0 saturated carbocycles. The van der Waals surface area contributed by atoms with Gasteiger partial charge in [-0.1, -0.05) is 47.6 Å². The van der Waals surface area contributed by atoms with E-state index < -0.39 is 0 Å².